The van der Waals surface area contributed by atoms with Crippen molar-refractivity contribution in [1.29, 1.82) is 0 Å². The van der Waals surface area contributed by atoms with Crippen LogP contribution < -0.4 is 0 Å². The molecular formula is C19H20F2N6O5. The SMILES string of the molecule is COC(=O)C(Cc1cn(CC(O)(Cn2cncn2)c2ccc(F)cc2F)nn1)C(=O)OC. The molecule has 0 amide bonds. The summed E-state index contributed by atoms with van der Waals surface area (Å²) in [6.07, 6.45) is 3.80. The van der Waals surface area contributed by atoms with Crippen molar-refractivity contribution in [3.05, 3.63) is 59.9 Å². The molecule has 3 rings (SSSR count). The average Bonchev–Trinajstić information content (AvgIpc) is 3.42. The first-order chi connectivity index (χ1) is 15.3. The van der Waals surface area contributed by atoms with Crippen LogP contribution in [-0.2, 0) is 44.2 Å². The van der Waals surface area contributed by atoms with Crippen molar-refractivity contribution >= 4 is 11.9 Å². The van der Waals surface area contributed by atoms with Gasteiger partial charge in [-0.1, -0.05) is 11.3 Å². The van der Waals surface area contributed by atoms with E-state index in [1.54, 1.807) is 0 Å². The van der Waals surface area contributed by atoms with E-state index in [2.05, 4.69) is 29.9 Å². The topological polar surface area (TPSA) is 134 Å². The number of benzene rings is 1. The predicted molar refractivity (Wildman–Crippen MR) is 102 cm³/mol. The van der Waals surface area contributed by atoms with Gasteiger partial charge in [0.1, 0.15) is 29.9 Å². The number of carbonyl (C=O) groups is 2. The van der Waals surface area contributed by atoms with Crippen molar-refractivity contribution in [2.45, 2.75) is 25.1 Å². The lowest BCUT2D eigenvalue weighted by Gasteiger charge is -2.28. The Labute approximate surface area is 180 Å². The fourth-order valence-electron chi connectivity index (χ4n) is 3.20. The minimum Gasteiger partial charge on any atom is -0.468 e. The van der Waals surface area contributed by atoms with Gasteiger partial charge in [0.05, 0.1) is 33.0 Å². The molecule has 1 unspecified atom stereocenters. The molecule has 1 aromatic carbocycles. The number of nitrogens with zero attached hydrogens (tertiary/aromatic N) is 6. The lowest BCUT2D eigenvalue weighted by atomic mass is 9.93. The predicted octanol–water partition coefficient (Wildman–Crippen LogP) is 0.240. The summed E-state index contributed by atoms with van der Waals surface area (Å²) in [5, 5.41) is 23.0. The van der Waals surface area contributed by atoms with Crippen LogP contribution in [0.1, 0.15) is 11.3 Å². The zero-order valence-electron chi connectivity index (χ0n) is 17.2. The van der Waals surface area contributed by atoms with Crippen LogP contribution in [0.2, 0.25) is 0 Å². The monoisotopic (exact) mass is 450 g/mol. The fraction of sp³-hybridized carbons (Fsp3) is 0.368. The smallest absolute Gasteiger partial charge is 0.320 e. The molecule has 1 atom stereocenters. The van der Waals surface area contributed by atoms with Crippen LogP contribution >= 0.6 is 0 Å². The third-order valence-corrected chi connectivity index (χ3v) is 4.72. The number of ether oxygens (including phenoxy) is 2. The number of carbonyl (C=O) groups excluding carboxylic acids is 2. The Morgan fingerprint density at radius 2 is 1.84 bits per heavy atom. The van der Waals surface area contributed by atoms with Gasteiger partial charge in [0.25, 0.3) is 0 Å². The van der Waals surface area contributed by atoms with E-state index < -0.39 is 35.1 Å². The summed E-state index contributed by atoms with van der Waals surface area (Å²) >= 11 is 0. The molecule has 0 saturated carbocycles. The highest BCUT2D eigenvalue weighted by molar-refractivity contribution is 5.95. The summed E-state index contributed by atoms with van der Waals surface area (Å²) in [6.45, 7) is -0.527. The molecule has 2 aromatic heterocycles. The first kappa shape index (κ1) is 22.9. The first-order valence-electron chi connectivity index (χ1n) is 9.30. The molecule has 13 heteroatoms. The Morgan fingerprint density at radius 3 is 2.44 bits per heavy atom. The van der Waals surface area contributed by atoms with Crippen molar-refractivity contribution in [2.24, 2.45) is 5.92 Å². The van der Waals surface area contributed by atoms with Crippen LogP contribution in [0.5, 0.6) is 0 Å². The van der Waals surface area contributed by atoms with Gasteiger partial charge < -0.3 is 14.6 Å². The second-order valence-corrected chi connectivity index (χ2v) is 6.96. The van der Waals surface area contributed by atoms with Gasteiger partial charge in [0.2, 0.25) is 0 Å². The molecule has 11 nitrogen and oxygen atoms in total. The number of rotatable bonds is 9. The number of halogens is 2. The van der Waals surface area contributed by atoms with Gasteiger partial charge in [-0.2, -0.15) is 5.10 Å². The standard InChI is InChI=1S/C19H20F2N6O5/c1-31-17(28)14(18(29)32-2)6-13-7-26(25-24-13)8-19(30,9-27-11-22-10-23-27)15-4-3-12(20)5-16(15)21/h3-5,7,10-11,14,30H,6,8-9H2,1-2H3. The second kappa shape index (κ2) is 9.60. The molecule has 0 fully saturated rings. The average molecular weight is 450 g/mol. The molecule has 0 spiro atoms. The van der Waals surface area contributed by atoms with E-state index in [0.717, 1.165) is 26.4 Å². The molecule has 0 aliphatic rings. The van der Waals surface area contributed by atoms with Crippen molar-refractivity contribution < 1.29 is 33.0 Å². The van der Waals surface area contributed by atoms with Crippen LogP contribution in [0.3, 0.4) is 0 Å². The molecule has 0 aliphatic carbocycles. The second-order valence-electron chi connectivity index (χ2n) is 6.96. The Morgan fingerprint density at radius 1 is 1.16 bits per heavy atom. The van der Waals surface area contributed by atoms with Gasteiger partial charge in [-0.3, -0.25) is 9.59 Å². The zero-order valence-corrected chi connectivity index (χ0v) is 17.2. The van der Waals surface area contributed by atoms with Crippen LogP contribution in [0.4, 0.5) is 8.78 Å². The van der Waals surface area contributed by atoms with E-state index in [1.807, 2.05) is 0 Å². The van der Waals surface area contributed by atoms with Gasteiger partial charge in [-0.15, -0.1) is 5.10 Å². The van der Waals surface area contributed by atoms with E-state index in [4.69, 9.17) is 0 Å². The molecule has 0 aliphatic heterocycles. The van der Waals surface area contributed by atoms with E-state index in [0.29, 0.717) is 6.07 Å². The Bertz CT molecular complexity index is 1070. The third-order valence-electron chi connectivity index (χ3n) is 4.72. The van der Waals surface area contributed by atoms with Crippen LogP contribution in [0.25, 0.3) is 0 Å². The van der Waals surface area contributed by atoms with Crippen molar-refractivity contribution in [1.82, 2.24) is 29.8 Å². The third kappa shape index (κ3) is 5.11. The van der Waals surface area contributed by atoms with E-state index in [9.17, 15) is 23.5 Å². The Balaban J connectivity index is 1.88. The molecular weight excluding hydrogens is 430 g/mol. The van der Waals surface area contributed by atoms with Crippen molar-refractivity contribution in [3.8, 4) is 0 Å². The van der Waals surface area contributed by atoms with E-state index in [-0.39, 0.29) is 30.8 Å². The molecule has 0 radical (unpaired) electrons. The normalized spacial score (nSPS) is 13.1. The summed E-state index contributed by atoms with van der Waals surface area (Å²) in [5.74, 6) is -4.61. The number of hydrogen-bond acceptors (Lipinski definition) is 9. The summed E-state index contributed by atoms with van der Waals surface area (Å²) in [6, 6.07) is 2.81. The molecule has 3 aromatic rings. The number of aliphatic hydroxyl groups is 1. The maximum Gasteiger partial charge on any atom is 0.320 e. The Kier molecular flexibility index (Phi) is 6.88. The van der Waals surface area contributed by atoms with E-state index >= 15 is 0 Å². The van der Waals surface area contributed by atoms with Crippen LogP contribution in [-0.4, -0.2) is 61.0 Å². The molecule has 170 valence electrons. The summed E-state index contributed by atoms with van der Waals surface area (Å²) in [5.41, 5.74) is -1.87. The summed E-state index contributed by atoms with van der Waals surface area (Å²) < 4.78 is 39.6. The number of esters is 2. The molecule has 1 N–H and O–H groups in total. The van der Waals surface area contributed by atoms with Crippen LogP contribution in [0.15, 0.2) is 37.1 Å². The van der Waals surface area contributed by atoms with Gasteiger partial charge >= 0.3 is 11.9 Å². The highest BCUT2D eigenvalue weighted by Crippen LogP contribution is 2.28. The van der Waals surface area contributed by atoms with E-state index in [1.165, 1.54) is 28.2 Å². The lowest BCUT2D eigenvalue weighted by Crippen LogP contribution is -2.37. The summed E-state index contributed by atoms with van der Waals surface area (Å²) in [7, 11) is 2.27. The maximum absolute atomic E-state index is 14.5. The van der Waals surface area contributed by atoms with Gasteiger partial charge in [-0.05, 0) is 6.07 Å². The highest BCUT2D eigenvalue weighted by atomic mass is 19.1. The maximum atomic E-state index is 14.5. The summed E-state index contributed by atoms with van der Waals surface area (Å²) in [4.78, 5) is 27.5. The van der Waals surface area contributed by atoms with Gasteiger partial charge in [0, 0.05) is 24.2 Å². The number of methoxy groups -OCH3 is 2. The van der Waals surface area contributed by atoms with Gasteiger partial charge in [0.15, 0.2) is 5.92 Å². The molecule has 32 heavy (non-hydrogen) atoms. The lowest BCUT2D eigenvalue weighted by molar-refractivity contribution is -0.158. The number of hydrogen-bond donors (Lipinski definition) is 1. The minimum absolute atomic E-state index is 0.161. The van der Waals surface area contributed by atoms with Crippen molar-refractivity contribution in [2.75, 3.05) is 14.2 Å². The highest BCUT2D eigenvalue weighted by Gasteiger charge is 2.35. The molecule has 0 saturated heterocycles. The van der Waals surface area contributed by atoms with Crippen LogP contribution in [0, 0.1) is 17.6 Å². The van der Waals surface area contributed by atoms with Gasteiger partial charge in [-0.25, -0.2) is 23.1 Å². The molecule has 2 heterocycles. The fourth-order valence-corrected chi connectivity index (χ4v) is 3.20. The minimum atomic E-state index is -1.92. The largest absolute Gasteiger partial charge is 0.468 e. The number of aromatic nitrogens is 6. The Hall–Kier alpha value is -3.74. The molecule has 0 bridgehead atoms. The van der Waals surface area contributed by atoms with Crippen molar-refractivity contribution in [3.63, 3.8) is 0 Å². The first-order valence-corrected chi connectivity index (χ1v) is 9.30. The zero-order chi connectivity index (χ0) is 23.3. The quantitative estimate of drug-likeness (QED) is 0.359.